The number of nitrogens with zero attached hydrogens (tertiary/aromatic N) is 4. The van der Waals surface area contributed by atoms with E-state index < -0.39 is 0 Å². The number of aromatic nitrogens is 2. The number of likely N-dealkylation sites (N-methyl/N-ethyl adjacent to an activating group) is 1. The summed E-state index contributed by atoms with van der Waals surface area (Å²) >= 11 is 0. The molecule has 8 heteroatoms. The number of rotatable bonds is 7. The van der Waals surface area contributed by atoms with Gasteiger partial charge in [-0.2, -0.15) is 5.10 Å². The van der Waals surface area contributed by atoms with E-state index in [2.05, 4.69) is 25.6 Å². The average Bonchev–Trinajstić information content (AvgIpc) is 2.98. The molecule has 1 unspecified atom stereocenters. The molecule has 0 aliphatic heterocycles. The summed E-state index contributed by atoms with van der Waals surface area (Å²) in [6.45, 7) is 3.89. The van der Waals surface area contributed by atoms with Crippen LogP contribution in [-0.4, -0.2) is 47.8 Å². The van der Waals surface area contributed by atoms with Crippen molar-refractivity contribution in [3.8, 4) is 0 Å². The van der Waals surface area contributed by atoms with Crippen LogP contribution in [0.25, 0.3) is 0 Å². The smallest absolute Gasteiger partial charge is 0.191 e. The lowest BCUT2D eigenvalue weighted by Crippen LogP contribution is -2.41. The molecular formula is C18H28FIN6. The summed E-state index contributed by atoms with van der Waals surface area (Å²) in [5.74, 6) is 0.470. The van der Waals surface area contributed by atoms with Crippen molar-refractivity contribution in [2.75, 3.05) is 27.2 Å². The first-order valence-electron chi connectivity index (χ1n) is 8.41. The van der Waals surface area contributed by atoms with Gasteiger partial charge in [-0.15, -0.1) is 24.0 Å². The average molecular weight is 474 g/mol. The third-order valence-electron chi connectivity index (χ3n) is 3.85. The second-order valence-corrected chi connectivity index (χ2v) is 6.13. The van der Waals surface area contributed by atoms with E-state index in [1.54, 1.807) is 10.7 Å². The van der Waals surface area contributed by atoms with Crippen molar-refractivity contribution in [2.45, 2.75) is 19.5 Å². The number of hydrogen-bond acceptors (Lipinski definition) is 3. The van der Waals surface area contributed by atoms with Gasteiger partial charge < -0.3 is 15.5 Å². The first kappa shape index (κ1) is 22.4. The lowest BCUT2D eigenvalue weighted by atomic mass is 10.1. The van der Waals surface area contributed by atoms with Crippen LogP contribution in [0.2, 0.25) is 0 Å². The lowest BCUT2D eigenvalue weighted by molar-refractivity contribution is 0.298. The Labute approximate surface area is 171 Å². The number of halogens is 2. The summed E-state index contributed by atoms with van der Waals surface area (Å²) in [6.07, 6.45) is 3.90. The van der Waals surface area contributed by atoms with Gasteiger partial charge in [-0.3, -0.25) is 4.68 Å². The maximum atomic E-state index is 13.3. The van der Waals surface area contributed by atoms with Crippen LogP contribution in [0.5, 0.6) is 0 Å². The zero-order chi connectivity index (χ0) is 18.2. The van der Waals surface area contributed by atoms with Gasteiger partial charge in [0.05, 0.1) is 18.8 Å². The normalized spacial score (nSPS) is 12.6. The largest absolute Gasteiger partial charge is 0.357 e. The molecule has 0 radical (unpaired) electrons. The minimum Gasteiger partial charge on any atom is -0.357 e. The zero-order valence-electron chi connectivity index (χ0n) is 15.7. The molecule has 1 atom stereocenters. The highest BCUT2D eigenvalue weighted by molar-refractivity contribution is 14.0. The van der Waals surface area contributed by atoms with Crippen molar-refractivity contribution in [2.24, 2.45) is 12.0 Å². The van der Waals surface area contributed by atoms with Gasteiger partial charge in [0.25, 0.3) is 0 Å². The van der Waals surface area contributed by atoms with Crippen molar-refractivity contribution in [1.29, 1.82) is 0 Å². The molecule has 0 saturated heterocycles. The lowest BCUT2D eigenvalue weighted by Gasteiger charge is -2.24. The Morgan fingerprint density at radius 3 is 2.69 bits per heavy atom. The molecule has 0 spiro atoms. The van der Waals surface area contributed by atoms with Crippen LogP contribution in [0, 0.1) is 5.82 Å². The first-order chi connectivity index (χ1) is 12.0. The van der Waals surface area contributed by atoms with Crippen LogP contribution >= 0.6 is 24.0 Å². The molecular weight excluding hydrogens is 446 g/mol. The Balaban J connectivity index is 0.00000338. The standard InChI is InChI=1S/C18H27FN6.HI/c1-5-20-18(21-10-14-7-6-8-16(19)9-14)22-12-17(24(2)3)15-11-23-25(4)13-15;/h6-9,11,13,17H,5,10,12H2,1-4H3,(H2,20,21,22);1H. The van der Waals surface area contributed by atoms with Gasteiger partial charge in [0.15, 0.2) is 5.96 Å². The third kappa shape index (κ3) is 6.91. The number of aliphatic imine (C=N–C) groups is 1. The van der Waals surface area contributed by atoms with Crippen molar-refractivity contribution < 1.29 is 4.39 Å². The van der Waals surface area contributed by atoms with Gasteiger partial charge in [0.1, 0.15) is 5.82 Å². The fourth-order valence-electron chi connectivity index (χ4n) is 2.55. The molecule has 0 aliphatic carbocycles. The summed E-state index contributed by atoms with van der Waals surface area (Å²) in [7, 11) is 5.99. The van der Waals surface area contributed by atoms with Crippen molar-refractivity contribution in [3.63, 3.8) is 0 Å². The van der Waals surface area contributed by atoms with Gasteiger partial charge in [0, 0.05) is 31.9 Å². The van der Waals surface area contributed by atoms with Gasteiger partial charge in [-0.05, 0) is 38.7 Å². The van der Waals surface area contributed by atoms with Gasteiger partial charge >= 0.3 is 0 Å². The Morgan fingerprint density at radius 2 is 2.12 bits per heavy atom. The number of aryl methyl sites for hydroxylation is 1. The predicted octanol–water partition coefficient (Wildman–Crippen LogP) is 2.54. The Hall–Kier alpha value is -1.68. The van der Waals surface area contributed by atoms with E-state index in [9.17, 15) is 4.39 Å². The minimum absolute atomic E-state index is 0. The Morgan fingerprint density at radius 1 is 1.35 bits per heavy atom. The quantitative estimate of drug-likeness (QED) is 0.368. The molecule has 1 heterocycles. The molecule has 0 amide bonds. The molecule has 2 rings (SSSR count). The highest BCUT2D eigenvalue weighted by Crippen LogP contribution is 2.16. The van der Waals surface area contributed by atoms with Crippen molar-refractivity contribution in [1.82, 2.24) is 25.3 Å². The van der Waals surface area contributed by atoms with Crippen LogP contribution in [0.3, 0.4) is 0 Å². The minimum atomic E-state index is -0.241. The summed E-state index contributed by atoms with van der Waals surface area (Å²) in [4.78, 5) is 6.68. The maximum Gasteiger partial charge on any atom is 0.191 e. The SMILES string of the molecule is CCNC(=NCc1cccc(F)c1)NCC(c1cnn(C)c1)N(C)C.I. The van der Waals surface area contributed by atoms with E-state index in [-0.39, 0.29) is 35.8 Å². The monoisotopic (exact) mass is 474 g/mol. The van der Waals surface area contributed by atoms with E-state index in [4.69, 9.17) is 0 Å². The molecule has 26 heavy (non-hydrogen) atoms. The van der Waals surface area contributed by atoms with E-state index >= 15 is 0 Å². The van der Waals surface area contributed by atoms with Crippen LogP contribution in [0.4, 0.5) is 4.39 Å². The molecule has 0 fully saturated rings. The highest BCUT2D eigenvalue weighted by Gasteiger charge is 2.16. The predicted molar refractivity (Wildman–Crippen MR) is 114 cm³/mol. The molecule has 2 aromatic rings. The van der Waals surface area contributed by atoms with Crippen molar-refractivity contribution in [3.05, 3.63) is 53.6 Å². The second-order valence-electron chi connectivity index (χ2n) is 6.13. The van der Waals surface area contributed by atoms with Gasteiger partial charge in [-0.25, -0.2) is 9.38 Å². The van der Waals surface area contributed by atoms with Crippen molar-refractivity contribution >= 4 is 29.9 Å². The molecule has 144 valence electrons. The fourth-order valence-corrected chi connectivity index (χ4v) is 2.55. The number of hydrogen-bond donors (Lipinski definition) is 2. The first-order valence-corrected chi connectivity index (χ1v) is 8.41. The molecule has 6 nitrogen and oxygen atoms in total. The highest BCUT2D eigenvalue weighted by atomic mass is 127. The Kier molecular flexibility index (Phi) is 9.57. The topological polar surface area (TPSA) is 57.5 Å². The molecule has 2 N–H and O–H groups in total. The molecule has 0 aliphatic rings. The fraction of sp³-hybridized carbons (Fsp3) is 0.444. The summed E-state index contributed by atoms with van der Waals surface area (Å²) in [5.41, 5.74) is 1.98. The van der Waals surface area contributed by atoms with Crippen LogP contribution < -0.4 is 10.6 Å². The summed E-state index contributed by atoms with van der Waals surface area (Å²) in [5, 5.41) is 10.8. The summed E-state index contributed by atoms with van der Waals surface area (Å²) < 4.78 is 15.1. The number of nitrogens with one attached hydrogen (secondary N) is 2. The molecule has 1 aromatic heterocycles. The van der Waals surface area contributed by atoms with Crippen LogP contribution in [-0.2, 0) is 13.6 Å². The van der Waals surface area contributed by atoms with Crippen LogP contribution in [0.15, 0.2) is 41.7 Å². The van der Waals surface area contributed by atoms with Crippen LogP contribution in [0.1, 0.15) is 24.1 Å². The zero-order valence-corrected chi connectivity index (χ0v) is 18.1. The van der Waals surface area contributed by atoms with Gasteiger partial charge in [0.2, 0.25) is 0 Å². The molecule has 0 bridgehead atoms. The van der Waals surface area contributed by atoms with E-state index in [0.717, 1.165) is 17.7 Å². The summed E-state index contributed by atoms with van der Waals surface area (Å²) in [6, 6.07) is 6.68. The van der Waals surface area contributed by atoms with E-state index in [1.807, 2.05) is 46.5 Å². The molecule has 1 aromatic carbocycles. The Bertz CT molecular complexity index is 700. The number of guanidine groups is 1. The number of benzene rings is 1. The van der Waals surface area contributed by atoms with Gasteiger partial charge in [-0.1, -0.05) is 12.1 Å². The van der Waals surface area contributed by atoms with E-state index in [0.29, 0.717) is 19.0 Å². The maximum absolute atomic E-state index is 13.3. The van der Waals surface area contributed by atoms with E-state index in [1.165, 1.54) is 12.1 Å². The second kappa shape index (κ2) is 11.1. The third-order valence-corrected chi connectivity index (χ3v) is 3.85. The molecule has 0 saturated carbocycles.